The fourth-order valence-electron chi connectivity index (χ4n) is 3.59. The van der Waals surface area contributed by atoms with Crippen molar-refractivity contribution >= 4 is 35.3 Å². The van der Waals surface area contributed by atoms with Crippen LogP contribution in [0.15, 0.2) is 72.8 Å². The van der Waals surface area contributed by atoms with Gasteiger partial charge in [-0.05, 0) is 54.4 Å². The summed E-state index contributed by atoms with van der Waals surface area (Å²) in [6, 6.07) is 17.7. The molecule has 0 saturated carbocycles. The zero-order valence-corrected chi connectivity index (χ0v) is 19.2. The normalized spacial score (nSPS) is 12.1. The highest BCUT2D eigenvalue weighted by molar-refractivity contribution is 6.11. The molecule has 2 atom stereocenters. The van der Waals surface area contributed by atoms with Crippen molar-refractivity contribution in [1.29, 1.82) is 5.41 Å². The first kappa shape index (κ1) is 25.6. The SMILES string of the molecule is CC(NC(=O)C(C(=O)Nc1ccc(C(=N)N)cc1)c1ccccc1)c1ccc(C(=O)O)c(C(=O)O)c1. The number of carboxylic acid groups (broad SMARTS) is 2. The van der Waals surface area contributed by atoms with E-state index in [-0.39, 0.29) is 11.4 Å². The molecule has 36 heavy (non-hydrogen) atoms. The van der Waals surface area contributed by atoms with Gasteiger partial charge in [-0.3, -0.25) is 15.0 Å². The second kappa shape index (κ2) is 11.0. The van der Waals surface area contributed by atoms with Gasteiger partial charge in [0.2, 0.25) is 11.8 Å². The first-order chi connectivity index (χ1) is 17.1. The third-order valence-electron chi connectivity index (χ3n) is 5.48. The first-order valence-electron chi connectivity index (χ1n) is 10.8. The van der Waals surface area contributed by atoms with E-state index in [2.05, 4.69) is 10.6 Å². The van der Waals surface area contributed by atoms with Crippen LogP contribution in [0.25, 0.3) is 0 Å². The maximum atomic E-state index is 13.3. The number of carbonyl (C=O) groups excluding carboxylic acids is 2. The molecule has 7 N–H and O–H groups in total. The molecule has 10 nitrogen and oxygen atoms in total. The fourth-order valence-corrected chi connectivity index (χ4v) is 3.59. The lowest BCUT2D eigenvalue weighted by Crippen LogP contribution is -2.38. The van der Waals surface area contributed by atoms with Crippen molar-refractivity contribution in [2.75, 3.05) is 5.32 Å². The summed E-state index contributed by atoms with van der Waals surface area (Å²) in [4.78, 5) is 49.3. The molecular weight excluding hydrogens is 464 g/mol. The van der Waals surface area contributed by atoms with Crippen LogP contribution in [0, 0.1) is 5.41 Å². The summed E-state index contributed by atoms with van der Waals surface area (Å²) in [6.07, 6.45) is 0. The Bertz CT molecular complexity index is 1320. The van der Waals surface area contributed by atoms with Crippen LogP contribution in [-0.2, 0) is 9.59 Å². The number of amidine groups is 1. The Morgan fingerprint density at radius 1 is 0.806 bits per heavy atom. The Balaban J connectivity index is 1.85. The van der Waals surface area contributed by atoms with Gasteiger partial charge in [-0.1, -0.05) is 36.4 Å². The Morgan fingerprint density at radius 2 is 1.42 bits per heavy atom. The summed E-state index contributed by atoms with van der Waals surface area (Å²) in [5, 5.41) is 31.5. The van der Waals surface area contributed by atoms with Crippen LogP contribution < -0.4 is 16.4 Å². The average molecular weight is 489 g/mol. The van der Waals surface area contributed by atoms with Gasteiger partial charge in [-0.15, -0.1) is 0 Å². The van der Waals surface area contributed by atoms with Gasteiger partial charge in [0.05, 0.1) is 17.2 Å². The van der Waals surface area contributed by atoms with Crippen molar-refractivity contribution in [3.63, 3.8) is 0 Å². The minimum atomic E-state index is -1.41. The number of amides is 2. The van der Waals surface area contributed by atoms with Crippen molar-refractivity contribution in [3.8, 4) is 0 Å². The van der Waals surface area contributed by atoms with E-state index in [4.69, 9.17) is 11.1 Å². The predicted molar refractivity (Wildman–Crippen MR) is 132 cm³/mol. The molecule has 0 fully saturated rings. The van der Waals surface area contributed by atoms with Crippen LogP contribution in [0.3, 0.4) is 0 Å². The van der Waals surface area contributed by atoms with Gasteiger partial charge in [0, 0.05) is 11.3 Å². The lowest BCUT2D eigenvalue weighted by Gasteiger charge is -2.21. The Labute approximate surface area is 206 Å². The highest BCUT2D eigenvalue weighted by Gasteiger charge is 2.30. The third kappa shape index (κ3) is 5.92. The zero-order valence-electron chi connectivity index (χ0n) is 19.2. The molecule has 184 valence electrons. The lowest BCUT2D eigenvalue weighted by molar-refractivity contribution is -0.129. The second-order valence-corrected chi connectivity index (χ2v) is 7.97. The number of carbonyl (C=O) groups is 4. The summed E-state index contributed by atoms with van der Waals surface area (Å²) in [5.41, 5.74) is 6.35. The van der Waals surface area contributed by atoms with Crippen molar-refractivity contribution in [2.45, 2.75) is 18.9 Å². The minimum absolute atomic E-state index is 0.120. The summed E-state index contributed by atoms with van der Waals surface area (Å²) in [7, 11) is 0. The number of hydrogen-bond acceptors (Lipinski definition) is 5. The number of aromatic carboxylic acids is 2. The van der Waals surface area contributed by atoms with Crippen molar-refractivity contribution in [1.82, 2.24) is 5.32 Å². The monoisotopic (exact) mass is 488 g/mol. The smallest absolute Gasteiger partial charge is 0.336 e. The Hall–Kier alpha value is -4.99. The second-order valence-electron chi connectivity index (χ2n) is 7.97. The van der Waals surface area contributed by atoms with E-state index in [0.717, 1.165) is 6.07 Å². The summed E-state index contributed by atoms with van der Waals surface area (Å²) in [5.74, 6) is -5.39. The summed E-state index contributed by atoms with van der Waals surface area (Å²) >= 11 is 0. The highest BCUT2D eigenvalue weighted by atomic mass is 16.4. The number of anilines is 1. The Morgan fingerprint density at radius 3 is 1.97 bits per heavy atom. The molecule has 0 aliphatic heterocycles. The van der Waals surface area contributed by atoms with Gasteiger partial charge in [-0.2, -0.15) is 0 Å². The third-order valence-corrected chi connectivity index (χ3v) is 5.48. The van der Waals surface area contributed by atoms with Crippen LogP contribution in [0.5, 0.6) is 0 Å². The predicted octanol–water partition coefficient (Wildman–Crippen LogP) is 2.97. The number of nitrogens with one attached hydrogen (secondary N) is 3. The first-order valence-corrected chi connectivity index (χ1v) is 10.8. The van der Waals surface area contributed by atoms with E-state index in [9.17, 15) is 29.4 Å². The average Bonchev–Trinajstić information content (AvgIpc) is 2.84. The number of hydrogen-bond donors (Lipinski definition) is 6. The molecule has 0 bridgehead atoms. The van der Waals surface area contributed by atoms with E-state index in [0.29, 0.717) is 22.4 Å². The maximum Gasteiger partial charge on any atom is 0.336 e. The molecule has 0 aromatic heterocycles. The number of nitrogen functional groups attached to an aromatic ring is 1. The van der Waals surface area contributed by atoms with E-state index in [1.165, 1.54) is 12.1 Å². The molecule has 0 heterocycles. The van der Waals surface area contributed by atoms with Crippen LogP contribution in [-0.4, -0.2) is 39.8 Å². The van der Waals surface area contributed by atoms with Crippen LogP contribution >= 0.6 is 0 Å². The number of nitrogens with two attached hydrogens (primary N) is 1. The quantitative estimate of drug-likeness (QED) is 0.152. The largest absolute Gasteiger partial charge is 0.478 e. The molecule has 3 aromatic rings. The number of benzene rings is 3. The van der Waals surface area contributed by atoms with Gasteiger partial charge < -0.3 is 26.6 Å². The van der Waals surface area contributed by atoms with E-state index in [1.54, 1.807) is 61.5 Å². The molecule has 3 aromatic carbocycles. The van der Waals surface area contributed by atoms with Crippen molar-refractivity contribution < 1.29 is 29.4 Å². The van der Waals surface area contributed by atoms with Crippen LogP contribution in [0.1, 0.15) is 56.3 Å². The number of carboxylic acids is 2. The molecule has 0 radical (unpaired) electrons. The minimum Gasteiger partial charge on any atom is -0.478 e. The fraction of sp³-hybridized carbons (Fsp3) is 0.115. The van der Waals surface area contributed by atoms with Gasteiger partial charge >= 0.3 is 11.9 Å². The van der Waals surface area contributed by atoms with Crippen molar-refractivity contribution in [3.05, 3.63) is 101 Å². The highest BCUT2D eigenvalue weighted by Crippen LogP contribution is 2.23. The molecule has 0 aliphatic carbocycles. The lowest BCUT2D eigenvalue weighted by atomic mass is 9.95. The molecule has 2 unspecified atom stereocenters. The molecule has 0 aliphatic rings. The molecule has 10 heteroatoms. The van der Waals surface area contributed by atoms with Gasteiger partial charge in [-0.25, -0.2) is 9.59 Å². The van der Waals surface area contributed by atoms with Gasteiger partial charge in [0.1, 0.15) is 11.8 Å². The van der Waals surface area contributed by atoms with E-state index < -0.39 is 41.3 Å². The molecule has 2 amide bonds. The molecule has 0 saturated heterocycles. The summed E-state index contributed by atoms with van der Waals surface area (Å²) in [6.45, 7) is 1.60. The van der Waals surface area contributed by atoms with Crippen molar-refractivity contribution in [2.24, 2.45) is 5.73 Å². The Kier molecular flexibility index (Phi) is 7.80. The van der Waals surface area contributed by atoms with E-state index >= 15 is 0 Å². The zero-order chi connectivity index (χ0) is 26.4. The van der Waals surface area contributed by atoms with Gasteiger partial charge in [0.25, 0.3) is 0 Å². The molecule has 3 rings (SSSR count). The topological polar surface area (TPSA) is 183 Å². The maximum absolute atomic E-state index is 13.3. The van der Waals surface area contributed by atoms with E-state index in [1.807, 2.05) is 0 Å². The standard InChI is InChI=1S/C26H24N4O6/c1-14(17-9-12-19(25(33)34)20(13-17)26(35)36)29-23(31)21(15-5-3-2-4-6-15)24(32)30-18-10-7-16(8-11-18)22(27)28/h2-14,21H,1H3,(H3,27,28)(H,29,31)(H,30,32)(H,33,34)(H,35,36). The number of rotatable bonds is 9. The molecular formula is C26H24N4O6. The summed E-state index contributed by atoms with van der Waals surface area (Å²) < 4.78 is 0. The van der Waals surface area contributed by atoms with Crippen LogP contribution in [0.2, 0.25) is 0 Å². The molecule has 0 spiro atoms. The van der Waals surface area contributed by atoms with Crippen LogP contribution in [0.4, 0.5) is 5.69 Å². The van der Waals surface area contributed by atoms with Gasteiger partial charge in [0.15, 0.2) is 0 Å².